The lowest BCUT2D eigenvalue weighted by Gasteiger charge is -2.19. The predicted molar refractivity (Wildman–Crippen MR) is 46.1 cm³/mol. The topological polar surface area (TPSA) is 89.3 Å². The molecule has 5 N–H and O–H groups in total. The smallest absolute Gasteiger partial charge is 0.326 e. The molecule has 0 bridgehead atoms. The molecule has 0 aliphatic rings. The molecule has 12 heavy (non-hydrogen) atoms. The zero-order chi connectivity index (χ0) is 8.91. The van der Waals surface area contributed by atoms with Crippen LogP contribution in [0.5, 0.6) is 0 Å². The number of alkyl halides is 1. The van der Waals surface area contributed by atoms with E-state index in [2.05, 4.69) is 0 Å². The molecule has 0 unspecified atom stereocenters. The summed E-state index contributed by atoms with van der Waals surface area (Å²) in [4.78, 5) is 10.4. The summed E-state index contributed by atoms with van der Waals surface area (Å²) in [6.45, 7) is -0.728. The Labute approximate surface area is 76.5 Å². The fraction of sp³-hybridized carbons (Fsp3) is 0.833. The number of hydrogen-bond acceptors (Lipinski definition) is 3. The Balaban J connectivity index is 0. The standard InChI is InChI=1S/C6H13FN2O2.ClH/c7-4-6(9,5(10)11)2-1-3-8;/h1-4,8-9H2,(H,10,11);1H/t6-;/m0./s1. The van der Waals surface area contributed by atoms with Crippen LogP contribution in [0.15, 0.2) is 0 Å². The van der Waals surface area contributed by atoms with Gasteiger partial charge in [-0.3, -0.25) is 4.79 Å². The van der Waals surface area contributed by atoms with Crippen LogP contribution in [-0.4, -0.2) is 29.8 Å². The molecule has 0 aromatic carbocycles. The molecular formula is C6H14ClFN2O2. The van der Waals surface area contributed by atoms with Crippen molar-refractivity contribution in [2.75, 3.05) is 13.2 Å². The van der Waals surface area contributed by atoms with Crippen LogP contribution in [0.1, 0.15) is 12.8 Å². The van der Waals surface area contributed by atoms with E-state index in [-0.39, 0.29) is 18.8 Å². The minimum Gasteiger partial charge on any atom is -0.480 e. The molecular weight excluding hydrogens is 187 g/mol. The highest BCUT2D eigenvalue weighted by atomic mass is 35.5. The second kappa shape index (κ2) is 6.16. The summed E-state index contributed by atoms with van der Waals surface area (Å²) in [5.41, 5.74) is 8.58. The molecule has 0 aromatic heterocycles. The molecule has 0 rings (SSSR count). The van der Waals surface area contributed by atoms with Gasteiger partial charge in [0.25, 0.3) is 0 Å². The number of rotatable bonds is 5. The fourth-order valence-electron chi connectivity index (χ4n) is 0.648. The highest BCUT2D eigenvalue weighted by molar-refractivity contribution is 5.85. The van der Waals surface area contributed by atoms with Crippen LogP contribution in [0.2, 0.25) is 0 Å². The minimum atomic E-state index is -1.74. The molecule has 1 atom stereocenters. The van der Waals surface area contributed by atoms with E-state index in [1.165, 1.54) is 0 Å². The van der Waals surface area contributed by atoms with Crippen LogP contribution in [-0.2, 0) is 4.79 Å². The van der Waals surface area contributed by atoms with E-state index in [4.69, 9.17) is 16.6 Å². The Kier molecular flexibility index (Phi) is 7.27. The summed E-state index contributed by atoms with van der Waals surface area (Å²) in [7, 11) is 0. The van der Waals surface area contributed by atoms with Gasteiger partial charge < -0.3 is 16.6 Å². The van der Waals surface area contributed by atoms with Crippen LogP contribution in [0, 0.1) is 0 Å². The van der Waals surface area contributed by atoms with E-state index in [0.717, 1.165) is 0 Å². The Hall–Kier alpha value is -0.390. The summed E-state index contributed by atoms with van der Waals surface area (Å²) in [5, 5.41) is 8.45. The first kappa shape index (κ1) is 14.2. The highest BCUT2D eigenvalue weighted by Gasteiger charge is 2.33. The fourth-order valence-corrected chi connectivity index (χ4v) is 0.648. The van der Waals surface area contributed by atoms with Gasteiger partial charge in [0.1, 0.15) is 12.2 Å². The molecule has 74 valence electrons. The van der Waals surface area contributed by atoms with Gasteiger partial charge in [0.2, 0.25) is 0 Å². The van der Waals surface area contributed by atoms with Crippen LogP contribution in [0.3, 0.4) is 0 Å². The third kappa shape index (κ3) is 3.85. The molecule has 0 fully saturated rings. The van der Waals surface area contributed by atoms with Gasteiger partial charge in [0, 0.05) is 0 Å². The summed E-state index contributed by atoms with van der Waals surface area (Å²) in [6, 6.07) is 0. The SMILES string of the molecule is Cl.NCCC[C@](N)(CF)C(=O)O. The molecule has 0 aromatic rings. The maximum atomic E-state index is 12.1. The highest BCUT2D eigenvalue weighted by Crippen LogP contribution is 2.09. The average molecular weight is 201 g/mol. The third-order valence-corrected chi connectivity index (χ3v) is 1.49. The zero-order valence-corrected chi connectivity index (χ0v) is 7.44. The molecule has 0 radical (unpaired) electrons. The van der Waals surface area contributed by atoms with Gasteiger partial charge in [-0.25, -0.2) is 4.39 Å². The van der Waals surface area contributed by atoms with Crippen molar-refractivity contribution in [2.45, 2.75) is 18.4 Å². The number of hydrogen-bond donors (Lipinski definition) is 3. The molecule has 0 aliphatic carbocycles. The lowest BCUT2D eigenvalue weighted by atomic mass is 9.97. The monoisotopic (exact) mass is 200 g/mol. The van der Waals surface area contributed by atoms with Crippen molar-refractivity contribution in [3.05, 3.63) is 0 Å². The van der Waals surface area contributed by atoms with Crippen LogP contribution < -0.4 is 11.5 Å². The van der Waals surface area contributed by atoms with Crippen molar-refractivity contribution in [3.63, 3.8) is 0 Å². The number of nitrogens with two attached hydrogens (primary N) is 2. The van der Waals surface area contributed by atoms with Crippen molar-refractivity contribution in [3.8, 4) is 0 Å². The van der Waals surface area contributed by atoms with Crippen LogP contribution >= 0.6 is 12.4 Å². The summed E-state index contributed by atoms with van der Waals surface area (Å²) in [5.74, 6) is -1.31. The normalized spacial score (nSPS) is 14.6. The first-order valence-electron chi connectivity index (χ1n) is 3.35. The minimum absolute atomic E-state index is 0. The van der Waals surface area contributed by atoms with E-state index in [1.54, 1.807) is 0 Å². The second-order valence-electron chi connectivity index (χ2n) is 2.49. The Morgan fingerprint density at radius 3 is 2.33 bits per heavy atom. The van der Waals surface area contributed by atoms with Crippen molar-refractivity contribution in [1.29, 1.82) is 0 Å². The van der Waals surface area contributed by atoms with E-state index >= 15 is 0 Å². The molecule has 0 spiro atoms. The number of aliphatic carboxylic acids is 1. The van der Waals surface area contributed by atoms with Gasteiger partial charge in [0.15, 0.2) is 0 Å². The maximum Gasteiger partial charge on any atom is 0.326 e. The summed E-state index contributed by atoms with van der Waals surface area (Å²) < 4.78 is 12.1. The second-order valence-corrected chi connectivity index (χ2v) is 2.49. The first-order valence-corrected chi connectivity index (χ1v) is 3.35. The van der Waals surface area contributed by atoms with Gasteiger partial charge in [-0.2, -0.15) is 0 Å². The van der Waals surface area contributed by atoms with E-state index < -0.39 is 18.2 Å². The number of carboxylic acids is 1. The Bertz CT molecular complexity index is 148. The Morgan fingerprint density at radius 2 is 2.08 bits per heavy atom. The van der Waals surface area contributed by atoms with E-state index in [9.17, 15) is 9.18 Å². The predicted octanol–water partition coefficient (Wildman–Crippen LogP) is -0.101. The molecule has 0 heterocycles. The Morgan fingerprint density at radius 1 is 1.58 bits per heavy atom. The molecule has 0 amide bonds. The largest absolute Gasteiger partial charge is 0.480 e. The van der Waals surface area contributed by atoms with E-state index in [0.29, 0.717) is 13.0 Å². The first-order chi connectivity index (χ1) is 5.06. The third-order valence-electron chi connectivity index (χ3n) is 1.49. The van der Waals surface area contributed by atoms with Crippen molar-refractivity contribution < 1.29 is 14.3 Å². The van der Waals surface area contributed by atoms with E-state index in [1.807, 2.05) is 0 Å². The van der Waals surface area contributed by atoms with Crippen molar-refractivity contribution in [1.82, 2.24) is 0 Å². The number of carbonyl (C=O) groups is 1. The van der Waals surface area contributed by atoms with Gasteiger partial charge >= 0.3 is 5.97 Å². The van der Waals surface area contributed by atoms with Gasteiger partial charge in [-0.1, -0.05) is 0 Å². The molecule has 0 saturated heterocycles. The van der Waals surface area contributed by atoms with Crippen molar-refractivity contribution >= 4 is 18.4 Å². The van der Waals surface area contributed by atoms with Gasteiger partial charge in [0.05, 0.1) is 0 Å². The zero-order valence-electron chi connectivity index (χ0n) is 6.62. The van der Waals surface area contributed by atoms with Crippen molar-refractivity contribution in [2.24, 2.45) is 11.5 Å². The average Bonchev–Trinajstić information content (AvgIpc) is 2.00. The van der Waals surface area contributed by atoms with Crippen LogP contribution in [0.25, 0.3) is 0 Å². The maximum absolute atomic E-state index is 12.1. The van der Waals surface area contributed by atoms with Gasteiger partial charge in [-0.15, -0.1) is 12.4 Å². The summed E-state index contributed by atoms with van der Waals surface area (Å²) in [6.07, 6.45) is 0.502. The van der Waals surface area contributed by atoms with Crippen LogP contribution in [0.4, 0.5) is 4.39 Å². The number of halogens is 2. The number of carboxylic acid groups (broad SMARTS) is 1. The lowest BCUT2D eigenvalue weighted by molar-refractivity contribution is -0.144. The summed E-state index contributed by atoms with van der Waals surface area (Å²) >= 11 is 0. The quantitative estimate of drug-likeness (QED) is 0.578. The molecule has 6 heteroatoms. The molecule has 4 nitrogen and oxygen atoms in total. The molecule has 0 aliphatic heterocycles. The van der Waals surface area contributed by atoms with Gasteiger partial charge in [-0.05, 0) is 19.4 Å². The lowest BCUT2D eigenvalue weighted by Crippen LogP contribution is -2.50. The molecule has 0 saturated carbocycles.